The van der Waals surface area contributed by atoms with E-state index in [9.17, 15) is 31.1 Å². The SMILES string of the molecule is O=C(C1CC12CCNCC2)N1CCC(C(F)(F)F)(C(F)(F)F)C1. The molecule has 1 atom stereocenters. The van der Waals surface area contributed by atoms with Crippen LogP contribution >= 0.6 is 0 Å². The average Bonchev–Trinajstić information content (AvgIpc) is 2.93. The van der Waals surface area contributed by atoms with E-state index in [1.54, 1.807) is 0 Å². The van der Waals surface area contributed by atoms with Crippen molar-refractivity contribution in [2.75, 3.05) is 26.2 Å². The standard InChI is InChI=1S/C14H18F6N2O/c15-13(16,17)12(14(18,19)20)3-6-22(8-12)10(23)9-7-11(9)1-4-21-5-2-11/h9,21H,1-8H2. The van der Waals surface area contributed by atoms with Gasteiger partial charge in [-0.25, -0.2) is 0 Å². The third kappa shape index (κ3) is 2.51. The van der Waals surface area contributed by atoms with Crippen molar-refractivity contribution >= 4 is 5.91 Å². The predicted molar refractivity (Wildman–Crippen MR) is 68.4 cm³/mol. The number of carbonyl (C=O) groups excluding carboxylic acids is 1. The monoisotopic (exact) mass is 344 g/mol. The fourth-order valence-corrected chi connectivity index (χ4v) is 4.02. The molecule has 0 bridgehead atoms. The summed E-state index contributed by atoms with van der Waals surface area (Å²) in [6, 6.07) is 0. The van der Waals surface area contributed by atoms with E-state index in [-0.39, 0.29) is 5.41 Å². The summed E-state index contributed by atoms with van der Waals surface area (Å²) in [6.07, 6.45) is -9.84. The number of likely N-dealkylation sites (tertiary alicyclic amines) is 1. The van der Waals surface area contributed by atoms with Gasteiger partial charge in [0.2, 0.25) is 5.91 Å². The van der Waals surface area contributed by atoms with Gasteiger partial charge < -0.3 is 10.2 Å². The van der Waals surface area contributed by atoms with Crippen LogP contribution in [0.15, 0.2) is 0 Å². The lowest BCUT2D eigenvalue weighted by Crippen LogP contribution is -2.52. The lowest BCUT2D eigenvalue weighted by Gasteiger charge is -2.33. The highest BCUT2D eigenvalue weighted by atomic mass is 19.4. The van der Waals surface area contributed by atoms with Gasteiger partial charge in [0.25, 0.3) is 0 Å². The van der Waals surface area contributed by atoms with E-state index >= 15 is 0 Å². The van der Waals surface area contributed by atoms with Crippen molar-refractivity contribution in [2.24, 2.45) is 16.7 Å². The van der Waals surface area contributed by atoms with E-state index in [2.05, 4.69) is 5.32 Å². The predicted octanol–water partition coefficient (Wildman–Crippen LogP) is 2.72. The molecule has 1 N–H and O–H groups in total. The largest absolute Gasteiger partial charge is 0.404 e. The Balaban J connectivity index is 1.73. The molecular weight excluding hydrogens is 326 g/mol. The lowest BCUT2D eigenvalue weighted by molar-refractivity contribution is -0.334. The maximum Gasteiger partial charge on any atom is 0.404 e. The molecule has 0 aromatic rings. The zero-order valence-electron chi connectivity index (χ0n) is 12.4. The molecule has 1 spiro atoms. The summed E-state index contributed by atoms with van der Waals surface area (Å²) in [6.45, 7) is -0.315. The summed E-state index contributed by atoms with van der Waals surface area (Å²) in [4.78, 5) is 13.2. The van der Waals surface area contributed by atoms with Crippen LogP contribution in [0, 0.1) is 16.7 Å². The van der Waals surface area contributed by atoms with Gasteiger partial charge in [0.15, 0.2) is 5.41 Å². The molecule has 3 nitrogen and oxygen atoms in total. The third-order valence-corrected chi connectivity index (χ3v) is 5.75. The van der Waals surface area contributed by atoms with Crippen molar-refractivity contribution in [3.8, 4) is 0 Å². The van der Waals surface area contributed by atoms with E-state index in [4.69, 9.17) is 0 Å². The molecule has 3 rings (SSSR count). The molecule has 3 aliphatic rings. The van der Waals surface area contributed by atoms with Crippen LogP contribution in [0.3, 0.4) is 0 Å². The van der Waals surface area contributed by atoms with E-state index < -0.39 is 49.1 Å². The maximum atomic E-state index is 13.0. The van der Waals surface area contributed by atoms with Crippen molar-refractivity contribution in [3.05, 3.63) is 0 Å². The first-order chi connectivity index (χ1) is 10.5. The minimum Gasteiger partial charge on any atom is -0.341 e. The number of nitrogens with zero attached hydrogens (tertiary/aromatic N) is 1. The molecule has 0 aromatic heterocycles. The van der Waals surface area contributed by atoms with Gasteiger partial charge in [0.1, 0.15) is 0 Å². The first-order valence-corrected chi connectivity index (χ1v) is 7.65. The highest BCUT2D eigenvalue weighted by molar-refractivity contribution is 5.83. The van der Waals surface area contributed by atoms with Crippen LogP contribution in [-0.4, -0.2) is 49.3 Å². The smallest absolute Gasteiger partial charge is 0.341 e. The molecule has 3 fully saturated rings. The Morgan fingerprint density at radius 1 is 1.00 bits per heavy atom. The second-order valence-electron chi connectivity index (χ2n) is 6.96. The number of alkyl halides is 6. The molecule has 2 heterocycles. The fraction of sp³-hybridized carbons (Fsp3) is 0.929. The minimum absolute atomic E-state index is 0.204. The van der Waals surface area contributed by atoms with Crippen LogP contribution in [0.1, 0.15) is 25.7 Å². The molecule has 132 valence electrons. The molecule has 1 unspecified atom stereocenters. The Kier molecular flexibility index (Phi) is 3.67. The molecule has 1 saturated carbocycles. The summed E-state index contributed by atoms with van der Waals surface area (Å²) in [5, 5.41) is 3.14. The van der Waals surface area contributed by atoms with Crippen LogP contribution in [0.5, 0.6) is 0 Å². The summed E-state index contributed by atoms with van der Waals surface area (Å²) in [5.41, 5.74) is -3.99. The number of rotatable bonds is 1. The van der Waals surface area contributed by atoms with E-state index in [1.807, 2.05) is 0 Å². The van der Waals surface area contributed by atoms with Crippen molar-refractivity contribution in [1.29, 1.82) is 0 Å². The molecule has 1 aliphatic carbocycles. The van der Waals surface area contributed by atoms with Crippen LogP contribution in [0.4, 0.5) is 26.3 Å². The summed E-state index contributed by atoms with van der Waals surface area (Å²) in [5.74, 6) is -0.954. The Labute approximate surface area is 129 Å². The Hall–Kier alpha value is -0.990. The van der Waals surface area contributed by atoms with E-state index in [0.29, 0.717) is 6.42 Å². The second-order valence-corrected chi connectivity index (χ2v) is 6.96. The van der Waals surface area contributed by atoms with Crippen LogP contribution in [-0.2, 0) is 4.79 Å². The van der Waals surface area contributed by atoms with Gasteiger partial charge in [-0.1, -0.05) is 0 Å². The minimum atomic E-state index is -5.41. The number of piperidine rings is 1. The first kappa shape index (κ1) is 16.9. The third-order valence-electron chi connectivity index (χ3n) is 5.75. The first-order valence-electron chi connectivity index (χ1n) is 7.65. The normalized spacial score (nSPS) is 29.8. The van der Waals surface area contributed by atoms with Crippen LogP contribution in [0.2, 0.25) is 0 Å². The van der Waals surface area contributed by atoms with Crippen molar-refractivity contribution < 1.29 is 31.1 Å². The molecule has 1 amide bonds. The summed E-state index contributed by atoms with van der Waals surface area (Å²) < 4.78 is 78.3. The van der Waals surface area contributed by atoms with Gasteiger partial charge in [0, 0.05) is 19.0 Å². The lowest BCUT2D eigenvalue weighted by atomic mass is 9.85. The second kappa shape index (κ2) is 5.00. The Bertz CT molecular complexity index is 480. The molecule has 9 heteroatoms. The summed E-state index contributed by atoms with van der Waals surface area (Å²) >= 11 is 0. The maximum absolute atomic E-state index is 13.0. The number of nitrogens with one attached hydrogen (secondary N) is 1. The number of hydrogen-bond acceptors (Lipinski definition) is 2. The molecule has 0 radical (unpaired) electrons. The highest BCUT2D eigenvalue weighted by Crippen LogP contribution is 2.61. The van der Waals surface area contributed by atoms with Gasteiger partial charge in [-0.2, -0.15) is 26.3 Å². The number of carbonyl (C=O) groups is 1. The van der Waals surface area contributed by atoms with Crippen molar-refractivity contribution in [3.63, 3.8) is 0 Å². The van der Waals surface area contributed by atoms with Gasteiger partial charge >= 0.3 is 12.4 Å². The molecular formula is C14H18F6N2O. The van der Waals surface area contributed by atoms with Crippen molar-refractivity contribution in [1.82, 2.24) is 10.2 Å². The highest BCUT2D eigenvalue weighted by Gasteiger charge is 2.73. The topological polar surface area (TPSA) is 32.3 Å². The van der Waals surface area contributed by atoms with Crippen molar-refractivity contribution in [2.45, 2.75) is 38.0 Å². The van der Waals surface area contributed by atoms with E-state index in [1.165, 1.54) is 0 Å². The Morgan fingerprint density at radius 3 is 2.04 bits per heavy atom. The van der Waals surface area contributed by atoms with Crippen LogP contribution < -0.4 is 5.32 Å². The molecule has 2 saturated heterocycles. The van der Waals surface area contributed by atoms with Crippen LogP contribution in [0.25, 0.3) is 0 Å². The average molecular weight is 344 g/mol. The molecule has 2 aliphatic heterocycles. The van der Waals surface area contributed by atoms with Gasteiger partial charge in [0.05, 0.1) is 0 Å². The van der Waals surface area contributed by atoms with Gasteiger partial charge in [-0.05, 0) is 44.2 Å². The van der Waals surface area contributed by atoms with Gasteiger partial charge in [-0.3, -0.25) is 4.79 Å². The zero-order chi connectivity index (χ0) is 17.1. The quantitative estimate of drug-likeness (QED) is 0.742. The summed E-state index contributed by atoms with van der Waals surface area (Å²) in [7, 11) is 0. The molecule has 0 aromatic carbocycles. The zero-order valence-corrected chi connectivity index (χ0v) is 12.4. The van der Waals surface area contributed by atoms with Gasteiger partial charge in [-0.15, -0.1) is 0 Å². The van der Waals surface area contributed by atoms with E-state index in [0.717, 1.165) is 30.8 Å². The fourth-order valence-electron chi connectivity index (χ4n) is 4.02. The molecule has 23 heavy (non-hydrogen) atoms. The number of hydrogen-bond donors (Lipinski definition) is 1. The number of halogens is 6. The Morgan fingerprint density at radius 2 is 1.57 bits per heavy atom. The number of amides is 1.